The second-order valence-electron chi connectivity index (χ2n) is 9.81. The number of esters is 1. The van der Waals surface area contributed by atoms with Gasteiger partial charge in [-0.1, -0.05) is 60.7 Å². The lowest BCUT2D eigenvalue weighted by molar-refractivity contribution is -0.240. The third-order valence-corrected chi connectivity index (χ3v) is 6.49. The van der Waals surface area contributed by atoms with Crippen LogP contribution in [0, 0.1) is 0 Å². The molecule has 13 heteroatoms. The van der Waals surface area contributed by atoms with Gasteiger partial charge in [-0.25, -0.2) is 19.8 Å². The van der Waals surface area contributed by atoms with Gasteiger partial charge in [-0.2, -0.15) is 5.01 Å². The summed E-state index contributed by atoms with van der Waals surface area (Å²) in [7, 11) is 2.46. The lowest BCUT2D eigenvalue weighted by Gasteiger charge is -2.35. The highest BCUT2D eigenvalue weighted by atomic mass is 16.8. The summed E-state index contributed by atoms with van der Waals surface area (Å²) in [5, 5.41) is 12.0. The molecule has 2 N–H and O–H groups in total. The zero-order valence-corrected chi connectivity index (χ0v) is 23.1. The first-order chi connectivity index (χ1) is 19.6. The summed E-state index contributed by atoms with van der Waals surface area (Å²) in [6.07, 6.45) is -7.86. The molecule has 222 valence electrons. The normalized spacial score (nSPS) is 24.0. The maximum atomic E-state index is 13.4. The maximum Gasteiger partial charge on any atom is 0.430 e. The van der Waals surface area contributed by atoms with Crippen LogP contribution in [0.3, 0.4) is 0 Å². The van der Waals surface area contributed by atoms with Gasteiger partial charge in [0, 0.05) is 7.11 Å². The number of hydrazine groups is 1. The van der Waals surface area contributed by atoms with Gasteiger partial charge < -0.3 is 38.3 Å². The second-order valence-corrected chi connectivity index (χ2v) is 9.81. The largest absolute Gasteiger partial charge is 0.467 e. The summed E-state index contributed by atoms with van der Waals surface area (Å²) in [4.78, 5) is 39.2. The van der Waals surface area contributed by atoms with Crippen LogP contribution in [0.5, 0.6) is 0 Å². The van der Waals surface area contributed by atoms with E-state index < -0.39 is 60.7 Å². The predicted octanol–water partition coefficient (Wildman–Crippen LogP) is 2.26. The van der Waals surface area contributed by atoms with E-state index in [2.05, 4.69) is 5.43 Å². The Morgan fingerprint density at radius 2 is 1.49 bits per heavy atom. The van der Waals surface area contributed by atoms with Gasteiger partial charge in [-0.05, 0) is 25.0 Å². The molecule has 0 radical (unpaired) electrons. The Balaban J connectivity index is 1.58. The molecule has 2 heterocycles. The molecule has 0 aliphatic carbocycles. The van der Waals surface area contributed by atoms with E-state index in [9.17, 15) is 19.5 Å². The number of aliphatic hydroxyl groups excluding tert-OH is 1. The van der Waals surface area contributed by atoms with Crippen LogP contribution in [0.1, 0.15) is 25.0 Å². The Morgan fingerprint density at radius 3 is 2.05 bits per heavy atom. The molecule has 0 unspecified atom stereocenters. The molecule has 0 aromatic heterocycles. The predicted molar refractivity (Wildman–Crippen MR) is 140 cm³/mol. The van der Waals surface area contributed by atoms with Crippen molar-refractivity contribution in [1.29, 1.82) is 0 Å². The molecule has 2 fully saturated rings. The first-order valence-corrected chi connectivity index (χ1v) is 12.9. The molecule has 13 nitrogen and oxygen atoms in total. The molecule has 0 saturated carbocycles. The fraction of sp³-hybridized carbons (Fsp3) is 0.464. The molecule has 2 aromatic carbocycles. The molecule has 0 bridgehead atoms. The number of benzene rings is 2. The quantitative estimate of drug-likeness (QED) is 0.258. The Morgan fingerprint density at radius 1 is 0.927 bits per heavy atom. The Hall–Kier alpha value is -3.75. The van der Waals surface area contributed by atoms with Crippen LogP contribution >= 0.6 is 0 Å². The van der Waals surface area contributed by atoms with E-state index in [0.717, 1.165) is 7.11 Å². The molecule has 2 aliphatic rings. The monoisotopic (exact) mass is 574 g/mol. The van der Waals surface area contributed by atoms with E-state index in [-0.39, 0.29) is 13.2 Å². The van der Waals surface area contributed by atoms with Gasteiger partial charge in [0.2, 0.25) is 0 Å². The van der Waals surface area contributed by atoms with E-state index in [4.69, 9.17) is 33.2 Å². The fourth-order valence-corrected chi connectivity index (χ4v) is 4.63. The van der Waals surface area contributed by atoms with Crippen LogP contribution < -0.4 is 5.43 Å². The zero-order chi connectivity index (χ0) is 29.6. The van der Waals surface area contributed by atoms with Crippen LogP contribution in [0.2, 0.25) is 0 Å². The molecule has 41 heavy (non-hydrogen) atoms. The average molecular weight is 575 g/mol. The Labute approximate surface area is 237 Å². The fourth-order valence-electron chi connectivity index (χ4n) is 4.63. The summed E-state index contributed by atoms with van der Waals surface area (Å²) in [5.41, 5.74) is 3.55. The van der Waals surface area contributed by atoms with E-state index in [1.54, 1.807) is 74.5 Å². The summed E-state index contributed by atoms with van der Waals surface area (Å²) >= 11 is 0. The van der Waals surface area contributed by atoms with E-state index in [1.807, 2.05) is 0 Å². The average Bonchev–Trinajstić information content (AvgIpc) is 3.47. The first kappa shape index (κ1) is 30.2. The molecule has 6 atom stereocenters. The molecule has 2 amide bonds. The number of carbonyl (C=O) groups excluding carboxylic acids is 3. The highest BCUT2D eigenvalue weighted by molar-refractivity contribution is 5.83. The van der Waals surface area contributed by atoms with Crippen molar-refractivity contribution in [2.24, 2.45) is 0 Å². The van der Waals surface area contributed by atoms with Crippen molar-refractivity contribution in [2.45, 2.75) is 69.6 Å². The standard InChI is InChI=1S/C28H34N2O11/c1-28(2)40-22-21(39-25(36-4)23(22)41-28)20(31)19(24(32)35-3)30(27(34)38-16-18-13-9-6-10-14-18)29-26(33)37-15-17-11-7-5-8-12-17/h5-14,19-23,25,31H,15-16H2,1-4H3,(H,29,33)/t19-,20+,21-,22-,23-,25-/m1/s1. The van der Waals surface area contributed by atoms with Crippen molar-refractivity contribution < 1.29 is 52.6 Å². The molecular formula is C28H34N2O11. The number of nitrogens with one attached hydrogen (secondary N) is 1. The maximum absolute atomic E-state index is 13.4. The molecule has 2 saturated heterocycles. The lowest BCUT2D eigenvalue weighted by Crippen LogP contribution is -2.63. The van der Waals surface area contributed by atoms with Crippen molar-refractivity contribution in [2.75, 3.05) is 14.2 Å². The highest BCUT2D eigenvalue weighted by Gasteiger charge is 2.60. The van der Waals surface area contributed by atoms with Crippen molar-refractivity contribution in [3.8, 4) is 0 Å². The molecular weight excluding hydrogens is 540 g/mol. The van der Waals surface area contributed by atoms with Gasteiger partial charge in [-0.3, -0.25) is 0 Å². The van der Waals surface area contributed by atoms with Crippen molar-refractivity contribution in [3.63, 3.8) is 0 Å². The Kier molecular flexibility index (Phi) is 9.78. The lowest BCUT2D eigenvalue weighted by atomic mass is 9.99. The van der Waals surface area contributed by atoms with E-state index in [1.165, 1.54) is 7.11 Å². The number of ether oxygens (including phenoxy) is 7. The van der Waals surface area contributed by atoms with Gasteiger partial charge in [0.05, 0.1) is 7.11 Å². The molecule has 2 aromatic rings. The van der Waals surface area contributed by atoms with Gasteiger partial charge in [0.25, 0.3) is 0 Å². The number of methoxy groups -OCH3 is 2. The van der Waals surface area contributed by atoms with Gasteiger partial charge in [-0.15, -0.1) is 0 Å². The van der Waals surface area contributed by atoms with Crippen LogP contribution in [-0.2, 0) is 51.2 Å². The summed E-state index contributed by atoms with van der Waals surface area (Å²) in [6.45, 7) is 3.03. The number of carbonyl (C=O) groups is 3. The molecule has 2 aliphatic heterocycles. The third-order valence-electron chi connectivity index (χ3n) is 6.49. The smallest absolute Gasteiger partial charge is 0.430 e. The number of fused-ring (bicyclic) bond motifs is 1. The van der Waals surface area contributed by atoms with Crippen LogP contribution in [0.4, 0.5) is 9.59 Å². The van der Waals surface area contributed by atoms with E-state index >= 15 is 0 Å². The minimum Gasteiger partial charge on any atom is -0.467 e. The number of rotatable bonds is 9. The summed E-state index contributed by atoms with van der Waals surface area (Å²) in [6, 6.07) is 15.7. The topological polar surface area (TPSA) is 151 Å². The van der Waals surface area contributed by atoms with Crippen LogP contribution in [0.25, 0.3) is 0 Å². The third kappa shape index (κ3) is 7.31. The first-order valence-electron chi connectivity index (χ1n) is 12.9. The number of amides is 2. The minimum atomic E-state index is -1.85. The molecule has 4 rings (SSSR count). The number of nitrogens with zero attached hydrogens (tertiary/aromatic N) is 1. The number of hydrogen-bond donors (Lipinski definition) is 2. The second kappa shape index (κ2) is 13.3. The number of hydrogen-bond acceptors (Lipinski definition) is 11. The summed E-state index contributed by atoms with van der Waals surface area (Å²) in [5.74, 6) is -2.11. The van der Waals surface area contributed by atoms with Gasteiger partial charge in [0.1, 0.15) is 37.6 Å². The highest BCUT2D eigenvalue weighted by Crippen LogP contribution is 2.40. The minimum absolute atomic E-state index is 0.129. The van der Waals surface area contributed by atoms with Gasteiger partial charge >= 0.3 is 18.2 Å². The van der Waals surface area contributed by atoms with Crippen LogP contribution in [0.15, 0.2) is 60.7 Å². The number of aliphatic hydroxyl groups is 1. The zero-order valence-electron chi connectivity index (χ0n) is 23.1. The Bertz CT molecular complexity index is 1180. The SMILES string of the molecule is COC(=O)[C@@H]([C@H](O)[C@H]1O[C@@H](OC)[C@@H]2OC(C)(C)O[C@H]12)N(NC(=O)OCc1ccccc1)C(=O)OCc1ccccc1. The van der Waals surface area contributed by atoms with Crippen LogP contribution in [-0.4, -0.2) is 85.0 Å². The van der Waals surface area contributed by atoms with E-state index in [0.29, 0.717) is 16.1 Å². The van der Waals surface area contributed by atoms with Crippen molar-refractivity contribution in [3.05, 3.63) is 71.8 Å². The van der Waals surface area contributed by atoms with Crippen molar-refractivity contribution >= 4 is 18.2 Å². The molecule has 0 spiro atoms. The van der Waals surface area contributed by atoms with Gasteiger partial charge in [0.15, 0.2) is 18.1 Å². The van der Waals surface area contributed by atoms with Crippen molar-refractivity contribution in [1.82, 2.24) is 10.4 Å². The summed E-state index contributed by atoms with van der Waals surface area (Å²) < 4.78 is 38.5.